The minimum Gasteiger partial charge on any atom is -0.376 e. The zero-order valence-electron chi connectivity index (χ0n) is 14.4. The molecule has 2 heterocycles. The second-order valence-corrected chi connectivity index (χ2v) is 9.42. The van der Waals surface area contributed by atoms with Crippen molar-refractivity contribution in [2.75, 3.05) is 24.7 Å². The molecule has 0 saturated carbocycles. The molecule has 2 atom stereocenters. The van der Waals surface area contributed by atoms with Crippen molar-refractivity contribution in [1.29, 1.82) is 0 Å². The second kappa shape index (κ2) is 8.63. The Labute approximate surface area is 158 Å². The first kappa shape index (κ1) is 17.5. The molecule has 2 aromatic carbocycles. The Hall–Kier alpha value is -0.940. The molecule has 2 unspecified atom stereocenters. The molecule has 2 saturated heterocycles. The van der Waals surface area contributed by atoms with Crippen molar-refractivity contribution in [2.45, 2.75) is 30.1 Å². The van der Waals surface area contributed by atoms with Crippen molar-refractivity contribution in [2.24, 2.45) is 0 Å². The summed E-state index contributed by atoms with van der Waals surface area (Å²) in [5.74, 6) is 2.53. The molecule has 2 fully saturated rings. The molecule has 2 aliphatic rings. The maximum absolute atomic E-state index is 5.73. The molecule has 0 spiro atoms. The lowest BCUT2D eigenvalue weighted by atomic mass is 10.0. The molecule has 0 aliphatic carbocycles. The van der Waals surface area contributed by atoms with E-state index in [9.17, 15) is 0 Å². The molecule has 0 bridgehead atoms. The molecule has 4 heteroatoms. The Kier molecular flexibility index (Phi) is 6.03. The van der Waals surface area contributed by atoms with Crippen LogP contribution in [0.1, 0.15) is 22.3 Å². The number of thioether (sulfide) groups is 2. The molecule has 2 aromatic rings. The smallest absolute Gasteiger partial charge is 0.0717 e. The van der Waals surface area contributed by atoms with Gasteiger partial charge >= 0.3 is 0 Å². The summed E-state index contributed by atoms with van der Waals surface area (Å²) in [7, 11) is 0. The third-order valence-corrected chi connectivity index (χ3v) is 6.29. The molecule has 132 valence electrons. The Morgan fingerprint density at radius 2 is 1.00 bits per heavy atom. The van der Waals surface area contributed by atoms with Gasteiger partial charge in [0.05, 0.1) is 26.4 Å². The van der Waals surface area contributed by atoms with Crippen LogP contribution in [0.5, 0.6) is 0 Å². The second-order valence-electron chi connectivity index (χ2n) is 6.75. The summed E-state index contributed by atoms with van der Waals surface area (Å²) in [5.41, 5.74) is 5.21. The third kappa shape index (κ3) is 6.07. The topological polar surface area (TPSA) is 18.5 Å². The molecule has 2 aliphatic heterocycles. The van der Waals surface area contributed by atoms with Crippen molar-refractivity contribution in [3.05, 3.63) is 70.8 Å². The Morgan fingerprint density at radius 3 is 1.36 bits per heavy atom. The summed E-state index contributed by atoms with van der Waals surface area (Å²) < 4.78 is 11.5. The predicted molar refractivity (Wildman–Crippen MR) is 107 cm³/mol. The molecule has 0 radical (unpaired) electrons. The summed E-state index contributed by atoms with van der Waals surface area (Å²) in [4.78, 5) is 0. The van der Waals surface area contributed by atoms with Gasteiger partial charge in [-0.05, 0) is 28.7 Å². The van der Waals surface area contributed by atoms with E-state index >= 15 is 0 Å². The first-order chi connectivity index (χ1) is 12.3. The van der Waals surface area contributed by atoms with Gasteiger partial charge in [-0.15, -0.1) is 0 Å². The van der Waals surface area contributed by atoms with Crippen LogP contribution in [0.25, 0.3) is 0 Å². The SMILES string of the molecule is c1cc(Cc2ccc(COCC3CS3)cc2)ccc1COCC1CS1. The van der Waals surface area contributed by atoms with E-state index in [1.165, 1.54) is 33.8 Å². The predicted octanol–water partition coefficient (Wildman–Crippen LogP) is 4.54. The molecule has 0 amide bonds. The quantitative estimate of drug-likeness (QED) is 0.570. The van der Waals surface area contributed by atoms with E-state index in [1.807, 2.05) is 23.5 Å². The van der Waals surface area contributed by atoms with Gasteiger partial charge in [-0.25, -0.2) is 0 Å². The molecule has 2 nitrogen and oxygen atoms in total. The lowest BCUT2D eigenvalue weighted by Crippen LogP contribution is -2.01. The van der Waals surface area contributed by atoms with Crippen molar-refractivity contribution >= 4 is 23.5 Å². The van der Waals surface area contributed by atoms with Crippen molar-refractivity contribution < 1.29 is 9.47 Å². The normalized spacial score (nSPS) is 21.3. The fourth-order valence-electron chi connectivity index (χ4n) is 2.69. The standard InChI is InChI=1S/C21H24O2S2/c1-5-18(10-22-12-20-14-24-20)6-2-16(1)9-17-3-7-19(8-4-17)11-23-13-21-15-25-21/h1-8,20-21H,9-15H2. The highest BCUT2D eigenvalue weighted by Crippen LogP contribution is 2.30. The van der Waals surface area contributed by atoms with E-state index in [1.54, 1.807) is 0 Å². The Balaban J connectivity index is 1.22. The summed E-state index contributed by atoms with van der Waals surface area (Å²) in [5, 5.41) is 1.50. The van der Waals surface area contributed by atoms with Crippen LogP contribution >= 0.6 is 23.5 Å². The monoisotopic (exact) mass is 372 g/mol. The van der Waals surface area contributed by atoms with Crippen LogP contribution in [0.4, 0.5) is 0 Å². The number of hydrogen-bond donors (Lipinski definition) is 0. The maximum Gasteiger partial charge on any atom is 0.0717 e. The van der Waals surface area contributed by atoms with Crippen molar-refractivity contribution in [3.8, 4) is 0 Å². The maximum atomic E-state index is 5.73. The van der Waals surface area contributed by atoms with Gasteiger partial charge in [-0.1, -0.05) is 48.5 Å². The number of benzene rings is 2. The van der Waals surface area contributed by atoms with Gasteiger partial charge in [0.25, 0.3) is 0 Å². The largest absolute Gasteiger partial charge is 0.376 e. The molecular weight excluding hydrogens is 348 g/mol. The van der Waals surface area contributed by atoms with Crippen LogP contribution in [0.15, 0.2) is 48.5 Å². The highest BCUT2D eigenvalue weighted by Gasteiger charge is 2.22. The fraction of sp³-hybridized carbons (Fsp3) is 0.429. The van der Waals surface area contributed by atoms with E-state index in [4.69, 9.17) is 9.47 Å². The number of hydrogen-bond acceptors (Lipinski definition) is 4. The van der Waals surface area contributed by atoms with E-state index in [2.05, 4.69) is 48.5 Å². The lowest BCUT2D eigenvalue weighted by molar-refractivity contribution is 0.128. The first-order valence-electron chi connectivity index (χ1n) is 8.89. The van der Waals surface area contributed by atoms with E-state index in [0.717, 1.165) is 43.3 Å². The Bertz CT molecular complexity index is 602. The van der Waals surface area contributed by atoms with Gasteiger partial charge in [0.1, 0.15) is 0 Å². The highest BCUT2D eigenvalue weighted by molar-refractivity contribution is 8.07. The van der Waals surface area contributed by atoms with Crippen LogP contribution in [0, 0.1) is 0 Å². The van der Waals surface area contributed by atoms with Gasteiger partial charge in [-0.3, -0.25) is 0 Å². The molecule has 0 aromatic heterocycles. The van der Waals surface area contributed by atoms with Crippen molar-refractivity contribution in [1.82, 2.24) is 0 Å². The van der Waals surface area contributed by atoms with Crippen molar-refractivity contribution in [3.63, 3.8) is 0 Å². The average molecular weight is 373 g/mol. The molecule has 4 rings (SSSR count). The van der Waals surface area contributed by atoms with Crippen LogP contribution < -0.4 is 0 Å². The Morgan fingerprint density at radius 1 is 0.640 bits per heavy atom. The molecule has 0 N–H and O–H groups in total. The summed E-state index contributed by atoms with van der Waals surface area (Å²) in [6.07, 6.45) is 0.972. The highest BCUT2D eigenvalue weighted by atomic mass is 32.2. The van der Waals surface area contributed by atoms with E-state index in [0.29, 0.717) is 0 Å². The fourth-order valence-corrected chi connectivity index (χ4v) is 3.54. The van der Waals surface area contributed by atoms with E-state index in [-0.39, 0.29) is 0 Å². The number of rotatable bonds is 10. The van der Waals surface area contributed by atoms with Crippen LogP contribution in [-0.2, 0) is 29.1 Å². The average Bonchev–Trinajstić information content (AvgIpc) is 3.53. The van der Waals surface area contributed by atoms with Crippen LogP contribution in [0.3, 0.4) is 0 Å². The van der Waals surface area contributed by atoms with Gasteiger partial charge in [0.15, 0.2) is 0 Å². The summed E-state index contributed by atoms with van der Waals surface area (Å²) >= 11 is 3.96. The number of ether oxygens (including phenoxy) is 2. The van der Waals surface area contributed by atoms with Crippen LogP contribution in [0.2, 0.25) is 0 Å². The minimum atomic E-state index is 0.728. The first-order valence-corrected chi connectivity index (χ1v) is 11.0. The third-order valence-electron chi connectivity index (χ3n) is 4.40. The van der Waals surface area contributed by atoms with E-state index < -0.39 is 0 Å². The van der Waals surface area contributed by atoms with Gasteiger partial charge in [-0.2, -0.15) is 23.5 Å². The van der Waals surface area contributed by atoms with Gasteiger partial charge in [0.2, 0.25) is 0 Å². The lowest BCUT2D eigenvalue weighted by Gasteiger charge is -2.07. The van der Waals surface area contributed by atoms with Crippen LogP contribution in [-0.4, -0.2) is 35.2 Å². The summed E-state index contributed by atoms with van der Waals surface area (Å²) in [6, 6.07) is 17.6. The van der Waals surface area contributed by atoms with Gasteiger partial charge in [0, 0.05) is 22.0 Å². The zero-order valence-corrected chi connectivity index (χ0v) is 16.0. The minimum absolute atomic E-state index is 0.728. The molecular formula is C21H24O2S2. The van der Waals surface area contributed by atoms with Gasteiger partial charge < -0.3 is 9.47 Å². The molecule has 25 heavy (non-hydrogen) atoms. The zero-order chi connectivity index (χ0) is 16.9. The summed E-state index contributed by atoms with van der Waals surface area (Å²) in [6.45, 7) is 3.24.